The molecule has 1 aromatic heterocycles. The SMILES string of the molecule is COC(=O)C(=Cc1cccs1)NC(C)=O. The first-order chi connectivity index (χ1) is 7.13. The maximum absolute atomic E-state index is 11.3. The molecule has 0 saturated heterocycles. The Kier molecular flexibility index (Phi) is 4.05. The second-order valence-corrected chi connectivity index (χ2v) is 3.73. The summed E-state index contributed by atoms with van der Waals surface area (Å²) in [5.41, 5.74) is 0.146. The van der Waals surface area contributed by atoms with Gasteiger partial charge in [-0.05, 0) is 17.5 Å². The summed E-state index contributed by atoms with van der Waals surface area (Å²) in [4.78, 5) is 23.0. The Labute approximate surface area is 91.6 Å². The van der Waals surface area contributed by atoms with Gasteiger partial charge in [0.1, 0.15) is 5.70 Å². The highest BCUT2D eigenvalue weighted by Gasteiger charge is 2.10. The molecule has 1 aromatic rings. The molecule has 0 fully saturated rings. The van der Waals surface area contributed by atoms with Gasteiger partial charge in [-0.25, -0.2) is 4.79 Å². The molecule has 0 aliphatic heterocycles. The van der Waals surface area contributed by atoms with Gasteiger partial charge in [0.2, 0.25) is 5.91 Å². The zero-order valence-corrected chi connectivity index (χ0v) is 9.26. The average Bonchev–Trinajstić information content (AvgIpc) is 2.67. The second kappa shape index (κ2) is 5.31. The topological polar surface area (TPSA) is 55.4 Å². The summed E-state index contributed by atoms with van der Waals surface area (Å²) in [6.07, 6.45) is 1.58. The molecule has 0 spiro atoms. The van der Waals surface area contributed by atoms with Gasteiger partial charge in [0.15, 0.2) is 0 Å². The lowest BCUT2D eigenvalue weighted by atomic mass is 10.3. The minimum Gasteiger partial charge on any atom is -0.464 e. The fourth-order valence-corrected chi connectivity index (χ4v) is 1.62. The molecule has 80 valence electrons. The Hall–Kier alpha value is -1.62. The third kappa shape index (κ3) is 3.55. The van der Waals surface area contributed by atoms with Crippen molar-refractivity contribution in [2.75, 3.05) is 7.11 Å². The Morgan fingerprint density at radius 2 is 2.27 bits per heavy atom. The number of ether oxygens (including phenoxy) is 1. The Morgan fingerprint density at radius 3 is 2.73 bits per heavy atom. The fraction of sp³-hybridized carbons (Fsp3) is 0.200. The van der Waals surface area contributed by atoms with E-state index in [1.807, 2.05) is 17.5 Å². The van der Waals surface area contributed by atoms with Gasteiger partial charge in [-0.3, -0.25) is 4.79 Å². The molecule has 0 unspecified atom stereocenters. The van der Waals surface area contributed by atoms with Gasteiger partial charge in [-0.1, -0.05) is 6.07 Å². The molecular weight excluding hydrogens is 214 g/mol. The second-order valence-electron chi connectivity index (χ2n) is 2.75. The largest absolute Gasteiger partial charge is 0.464 e. The summed E-state index contributed by atoms with van der Waals surface area (Å²) >= 11 is 1.47. The molecule has 4 nitrogen and oxygen atoms in total. The summed E-state index contributed by atoms with van der Waals surface area (Å²) in [5.74, 6) is -0.859. The van der Waals surface area contributed by atoms with Crippen molar-refractivity contribution in [3.63, 3.8) is 0 Å². The first kappa shape index (κ1) is 11.5. The maximum Gasteiger partial charge on any atom is 0.354 e. The van der Waals surface area contributed by atoms with Crippen molar-refractivity contribution < 1.29 is 14.3 Å². The van der Waals surface area contributed by atoms with E-state index in [-0.39, 0.29) is 11.6 Å². The van der Waals surface area contributed by atoms with Crippen molar-refractivity contribution >= 4 is 29.3 Å². The van der Waals surface area contributed by atoms with Gasteiger partial charge < -0.3 is 10.1 Å². The number of carbonyl (C=O) groups excluding carboxylic acids is 2. The molecule has 1 heterocycles. The highest BCUT2D eigenvalue weighted by Crippen LogP contribution is 2.12. The van der Waals surface area contributed by atoms with Gasteiger partial charge in [0.05, 0.1) is 7.11 Å². The van der Waals surface area contributed by atoms with E-state index in [1.54, 1.807) is 6.08 Å². The highest BCUT2D eigenvalue weighted by atomic mass is 32.1. The van der Waals surface area contributed by atoms with Gasteiger partial charge in [-0.15, -0.1) is 11.3 Å². The Morgan fingerprint density at radius 1 is 1.53 bits per heavy atom. The molecule has 1 N–H and O–H groups in total. The minimum atomic E-state index is -0.557. The van der Waals surface area contributed by atoms with Gasteiger partial charge in [0.25, 0.3) is 0 Å². The first-order valence-corrected chi connectivity index (χ1v) is 5.12. The van der Waals surface area contributed by atoms with Crippen LogP contribution in [-0.4, -0.2) is 19.0 Å². The molecule has 5 heteroatoms. The molecular formula is C10H11NO3S. The Bertz CT molecular complexity index is 381. The zero-order valence-electron chi connectivity index (χ0n) is 8.44. The summed E-state index contributed by atoms with van der Waals surface area (Å²) in [6, 6.07) is 3.70. The molecule has 0 aliphatic carbocycles. The molecule has 15 heavy (non-hydrogen) atoms. The van der Waals surface area contributed by atoms with Crippen LogP contribution in [-0.2, 0) is 14.3 Å². The Balaban J connectivity index is 2.90. The third-order valence-corrected chi connectivity index (χ3v) is 2.37. The quantitative estimate of drug-likeness (QED) is 0.625. The third-order valence-electron chi connectivity index (χ3n) is 1.55. The smallest absolute Gasteiger partial charge is 0.354 e. The molecule has 0 aliphatic rings. The number of esters is 1. The van der Waals surface area contributed by atoms with Crippen LogP contribution in [0.1, 0.15) is 11.8 Å². The number of hydrogen-bond donors (Lipinski definition) is 1. The van der Waals surface area contributed by atoms with Crippen LogP contribution in [0.2, 0.25) is 0 Å². The van der Waals surface area contributed by atoms with E-state index in [0.717, 1.165) is 4.88 Å². The first-order valence-electron chi connectivity index (χ1n) is 4.24. The number of amides is 1. The average molecular weight is 225 g/mol. The predicted octanol–water partition coefficient (Wildman–Crippen LogP) is 1.40. The molecule has 0 saturated carbocycles. The number of hydrogen-bond acceptors (Lipinski definition) is 4. The maximum atomic E-state index is 11.3. The van der Waals surface area contributed by atoms with Crippen LogP contribution in [0.3, 0.4) is 0 Å². The molecule has 0 atom stereocenters. The summed E-state index contributed by atoms with van der Waals surface area (Å²) < 4.78 is 4.54. The predicted molar refractivity (Wildman–Crippen MR) is 58.1 cm³/mol. The lowest BCUT2D eigenvalue weighted by molar-refractivity contribution is -0.137. The van der Waals surface area contributed by atoms with Crippen LogP contribution < -0.4 is 5.32 Å². The van der Waals surface area contributed by atoms with E-state index >= 15 is 0 Å². The van der Waals surface area contributed by atoms with Crippen molar-refractivity contribution in [3.8, 4) is 0 Å². The molecule has 0 radical (unpaired) electrons. The summed E-state index contributed by atoms with van der Waals surface area (Å²) in [5, 5.41) is 4.31. The fourth-order valence-electron chi connectivity index (χ4n) is 0.961. The molecule has 0 bridgehead atoms. The lowest BCUT2D eigenvalue weighted by Crippen LogP contribution is -2.25. The number of rotatable bonds is 3. The summed E-state index contributed by atoms with van der Waals surface area (Å²) in [7, 11) is 1.27. The lowest BCUT2D eigenvalue weighted by Gasteiger charge is -2.04. The number of nitrogens with one attached hydrogen (secondary N) is 1. The van der Waals surface area contributed by atoms with E-state index in [9.17, 15) is 9.59 Å². The van der Waals surface area contributed by atoms with E-state index in [4.69, 9.17) is 0 Å². The van der Waals surface area contributed by atoms with Crippen molar-refractivity contribution in [1.29, 1.82) is 0 Å². The number of carbonyl (C=O) groups is 2. The van der Waals surface area contributed by atoms with E-state index < -0.39 is 5.97 Å². The van der Waals surface area contributed by atoms with Crippen molar-refractivity contribution in [2.45, 2.75) is 6.92 Å². The van der Waals surface area contributed by atoms with E-state index in [0.29, 0.717) is 0 Å². The molecule has 1 amide bonds. The standard InChI is InChI=1S/C10H11NO3S/c1-7(12)11-9(10(13)14-2)6-8-4-3-5-15-8/h3-6H,1-2H3,(H,11,12). The van der Waals surface area contributed by atoms with Gasteiger partial charge >= 0.3 is 5.97 Å². The van der Waals surface area contributed by atoms with Crippen molar-refractivity contribution in [1.82, 2.24) is 5.32 Å². The monoisotopic (exact) mass is 225 g/mol. The van der Waals surface area contributed by atoms with Crippen LogP contribution in [0.5, 0.6) is 0 Å². The van der Waals surface area contributed by atoms with Crippen LogP contribution >= 0.6 is 11.3 Å². The van der Waals surface area contributed by atoms with Crippen LogP contribution in [0.15, 0.2) is 23.2 Å². The normalized spacial score (nSPS) is 10.9. The zero-order chi connectivity index (χ0) is 11.3. The van der Waals surface area contributed by atoms with Crippen LogP contribution in [0.25, 0.3) is 6.08 Å². The molecule has 1 rings (SSSR count). The highest BCUT2D eigenvalue weighted by molar-refractivity contribution is 7.10. The molecule has 0 aromatic carbocycles. The van der Waals surface area contributed by atoms with Gasteiger partial charge in [0, 0.05) is 11.8 Å². The number of thiophene rings is 1. The van der Waals surface area contributed by atoms with E-state index in [1.165, 1.54) is 25.4 Å². The van der Waals surface area contributed by atoms with E-state index in [2.05, 4.69) is 10.1 Å². The van der Waals surface area contributed by atoms with Crippen LogP contribution in [0, 0.1) is 0 Å². The van der Waals surface area contributed by atoms with Crippen molar-refractivity contribution in [2.24, 2.45) is 0 Å². The minimum absolute atomic E-state index is 0.146. The van der Waals surface area contributed by atoms with Gasteiger partial charge in [-0.2, -0.15) is 0 Å². The van der Waals surface area contributed by atoms with Crippen LogP contribution in [0.4, 0.5) is 0 Å². The summed E-state index contributed by atoms with van der Waals surface area (Å²) in [6.45, 7) is 1.34. The number of methoxy groups -OCH3 is 1. The van der Waals surface area contributed by atoms with Crippen molar-refractivity contribution in [3.05, 3.63) is 28.1 Å².